The Morgan fingerprint density at radius 2 is 1.69 bits per heavy atom. The molecule has 0 aliphatic heterocycles. The molecule has 1 heterocycles. The van der Waals surface area contributed by atoms with E-state index in [9.17, 15) is 14.4 Å². The number of ether oxygens (including phenoxy) is 1. The zero-order valence-corrected chi connectivity index (χ0v) is 16.4. The first kappa shape index (κ1) is 20.2. The lowest BCUT2D eigenvalue weighted by molar-refractivity contribution is -0.136. The van der Waals surface area contributed by atoms with Crippen molar-refractivity contribution in [3.8, 4) is 5.75 Å². The van der Waals surface area contributed by atoms with Crippen molar-refractivity contribution < 1.29 is 19.1 Å². The van der Waals surface area contributed by atoms with Gasteiger partial charge >= 0.3 is 17.8 Å². The van der Waals surface area contributed by atoms with Crippen LogP contribution in [0.3, 0.4) is 0 Å². The average Bonchev–Trinajstić information content (AvgIpc) is 3.26. The lowest BCUT2D eigenvalue weighted by Crippen LogP contribution is -2.32. The number of carbonyl (C=O) groups excluding carboxylic acids is 3. The van der Waals surface area contributed by atoms with E-state index < -0.39 is 17.8 Å². The summed E-state index contributed by atoms with van der Waals surface area (Å²) in [4.78, 5) is 36.0. The second-order valence-electron chi connectivity index (χ2n) is 5.60. The summed E-state index contributed by atoms with van der Waals surface area (Å²) in [6.07, 6.45) is 1.36. The summed E-state index contributed by atoms with van der Waals surface area (Å²) in [6, 6.07) is 16.3. The molecule has 0 aliphatic rings. The molecule has 0 saturated heterocycles. The Hall–Kier alpha value is -3.49. The molecule has 1 aromatic heterocycles. The van der Waals surface area contributed by atoms with Crippen molar-refractivity contribution in [1.29, 1.82) is 0 Å². The SMILES string of the molecule is O=C(NN=Cc1ccc(OC(=O)c2cccs2)cc1)C(=O)Nc1ccc(Cl)cc1. The predicted molar refractivity (Wildman–Crippen MR) is 112 cm³/mol. The first-order chi connectivity index (χ1) is 14.0. The minimum Gasteiger partial charge on any atom is -0.422 e. The van der Waals surface area contributed by atoms with Crippen LogP contribution in [-0.2, 0) is 9.59 Å². The number of hydrogen-bond donors (Lipinski definition) is 2. The highest BCUT2D eigenvalue weighted by Gasteiger charge is 2.12. The van der Waals surface area contributed by atoms with Gasteiger partial charge in [0.05, 0.1) is 6.21 Å². The number of anilines is 1. The van der Waals surface area contributed by atoms with Crippen LogP contribution >= 0.6 is 22.9 Å². The van der Waals surface area contributed by atoms with Crippen LogP contribution in [0, 0.1) is 0 Å². The zero-order chi connectivity index (χ0) is 20.6. The maximum atomic E-state index is 11.9. The van der Waals surface area contributed by atoms with Gasteiger partial charge in [-0.25, -0.2) is 10.2 Å². The number of nitrogens with zero attached hydrogens (tertiary/aromatic N) is 1. The molecule has 0 atom stereocenters. The molecule has 3 aromatic rings. The Labute approximate surface area is 175 Å². The fraction of sp³-hybridized carbons (Fsp3) is 0. The minimum atomic E-state index is -0.919. The number of hydrazone groups is 1. The van der Waals surface area contributed by atoms with E-state index in [1.54, 1.807) is 66.0 Å². The fourth-order valence-electron chi connectivity index (χ4n) is 2.11. The third-order valence-electron chi connectivity index (χ3n) is 3.50. The Morgan fingerprint density at radius 1 is 0.966 bits per heavy atom. The minimum absolute atomic E-state index is 0.381. The van der Waals surface area contributed by atoms with Crippen molar-refractivity contribution in [2.75, 3.05) is 5.32 Å². The van der Waals surface area contributed by atoms with Crippen LogP contribution in [0.2, 0.25) is 5.02 Å². The lowest BCUT2D eigenvalue weighted by atomic mass is 10.2. The van der Waals surface area contributed by atoms with Crippen molar-refractivity contribution in [2.45, 2.75) is 0 Å². The number of benzene rings is 2. The Balaban J connectivity index is 1.49. The van der Waals surface area contributed by atoms with Crippen LogP contribution in [0.5, 0.6) is 5.75 Å². The smallest absolute Gasteiger partial charge is 0.353 e. The van der Waals surface area contributed by atoms with Crippen molar-refractivity contribution in [3.05, 3.63) is 81.5 Å². The van der Waals surface area contributed by atoms with Gasteiger partial charge in [0.25, 0.3) is 0 Å². The summed E-state index contributed by atoms with van der Waals surface area (Å²) < 4.78 is 5.25. The van der Waals surface area contributed by atoms with E-state index in [1.165, 1.54) is 17.6 Å². The van der Waals surface area contributed by atoms with E-state index in [1.807, 2.05) is 0 Å². The number of halogens is 1. The molecule has 3 rings (SSSR count). The highest BCUT2D eigenvalue weighted by Crippen LogP contribution is 2.16. The fourth-order valence-corrected chi connectivity index (χ4v) is 2.84. The zero-order valence-electron chi connectivity index (χ0n) is 14.8. The molecule has 9 heteroatoms. The molecule has 0 saturated carbocycles. The molecule has 146 valence electrons. The molecule has 7 nitrogen and oxygen atoms in total. The molecule has 0 bridgehead atoms. The van der Waals surface area contributed by atoms with Crippen LogP contribution in [0.4, 0.5) is 5.69 Å². The highest BCUT2D eigenvalue weighted by atomic mass is 35.5. The van der Waals surface area contributed by atoms with Crippen molar-refractivity contribution in [1.82, 2.24) is 5.43 Å². The van der Waals surface area contributed by atoms with Gasteiger partial charge < -0.3 is 10.1 Å². The predicted octanol–water partition coefficient (Wildman–Crippen LogP) is 3.71. The summed E-state index contributed by atoms with van der Waals surface area (Å²) in [5, 5.41) is 8.47. The maximum Gasteiger partial charge on any atom is 0.353 e. The van der Waals surface area contributed by atoms with Gasteiger partial charge in [-0.2, -0.15) is 5.10 Å². The summed E-state index contributed by atoms with van der Waals surface area (Å²) in [5.74, 6) is -1.83. The third kappa shape index (κ3) is 6.00. The van der Waals surface area contributed by atoms with Crippen LogP contribution in [0.25, 0.3) is 0 Å². The molecule has 2 aromatic carbocycles. The van der Waals surface area contributed by atoms with Crippen molar-refractivity contribution in [3.63, 3.8) is 0 Å². The molecule has 2 amide bonds. The van der Waals surface area contributed by atoms with E-state index in [2.05, 4.69) is 15.8 Å². The number of rotatable bonds is 5. The number of thiophene rings is 1. The number of carbonyl (C=O) groups is 3. The lowest BCUT2D eigenvalue weighted by Gasteiger charge is -2.04. The van der Waals surface area contributed by atoms with E-state index >= 15 is 0 Å². The summed E-state index contributed by atoms with van der Waals surface area (Å²) in [7, 11) is 0. The maximum absolute atomic E-state index is 11.9. The van der Waals surface area contributed by atoms with E-state index in [-0.39, 0.29) is 0 Å². The standard InChI is InChI=1S/C20H14ClN3O4S/c21-14-5-7-15(8-6-14)23-18(25)19(26)24-22-12-13-3-9-16(10-4-13)28-20(27)17-2-1-11-29-17/h1-12H,(H,23,25)(H,24,26). The van der Waals surface area contributed by atoms with Gasteiger partial charge in [-0.3, -0.25) is 9.59 Å². The molecular formula is C20H14ClN3O4S. The molecule has 0 aliphatic carbocycles. The second kappa shape index (κ2) is 9.63. The van der Waals surface area contributed by atoms with E-state index in [0.717, 1.165) is 0 Å². The van der Waals surface area contributed by atoms with Crippen molar-refractivity contribution in [2.24, 2.45) is 5.10 Å². The molecule has 2 N–H and O–H groups in total. The Bertz CT molecular complexity index is 1030. The van der Waals surface area contributed by atoms with Gasteiger partial charge in [0.2, 0.25) is 0 Å². The summed E-state index contributed by atoms with van der Waals surface area (Å²) in [5.41, 5.74) is 3.21. The second-order valence-corrected chi connectivity index (χ2v) is 6.98. The number of hydrogen-bond acceptors (Lipinski definition) is 6. The normalized spacial score (nSPS) is 10.5. The van der Waals surface area contributed by atoms with Crippen LogP contribution in [0.1, 0.15) is 15.2 Å². The van der Waals surface area contributed by atoms with Gasteiger partial charge in [-0.1, -0.05) is 17.7 Å². The summed E-state index contributed by atoms with van der Waals surface area (Å²) in [6.45, 7) is 0. The first-order valence-electron chi connectivity index (χ1n) is 8.27. The number of amides is 2. The molecule has 0 unspecified atom stereocenters. The Morgan fingerprint density at radius 3 is 2.34 bits per heavy atom. The van der Waals surface area contributed by atoms with Crippen LogP contribution in [0.15, 0.2) is 71.1 Å². The van der Waals surface area contributed by atoms with Gasteiger partial charge in [0.1, 0.15) is 10.6 Å². The van der Waals surface area contributed by atoms with E-state index in [4.69, 9.17) is 16.3 Å². The Kier molecular flexibility index (Phi) is 6.72. The largest absolute Gasteiger partial charge is 0.422 e. The van der Waals surface area contributed by atoms with E-state index in [0.29, 0.717) is 26.9 Å². The summed E-state index contributed by atoms with van der Waals surface area (Å²) >= 11 is 7.06. The van der Waals surface area contributed by atoms with Crippen LogP contribution < -0.4 is 15.5 Å². The van der Waals surface area contributed by atoms with Gasteiger partial charge in [-0.15, -0.1) is 11.3 Å². The van der Waals surface area contributed by atoms with Gasteiger partial charge in [-0.05, 0) is 65.5 Å². The average molecular weight is 428 g/mol. The molecule has 0 radical (unpaired) electrons. The van der Waals surface area contributed by atoms with Gasteiger partial charge in [0.15, 0.2) is 0 Å². The topological polar surface area (TPSA) is 96.9 Å². The quantitative estimate of drug-likeness (QED) is 0.213. The third-order valence-corrected chi connectivity index (χ3v) is 4.60. The van der Waals surface area contributed by atoms with Crippen molar-refractivity contribution >= 4 is 52.6 Å². The number of esters is 1. The van der Waals surface area contributed by atoms with Crippen LogP contribution in [-0.4, -0.2) is 24.0 Å². The van der Waals surface area contributed by atoms with Gasteiger partial charge in [0, 0.05) is 10.7 Å². The monoisotopic (exact) mass is 427 g/mol. The molecular weight excluding hydrogens is 414 g/mol. The molecule has 0 spiro atoms. The number of nitrogens with one attached hydrogen (secondary N) is 2. The highest BCUT2D eigenvalue weighted by molar-refractivity contribution is 7.12. The molecule has 0 fully saturated rings. The molecule has 29 heavy (non-hydrogen) atoms. The first-order valence-corrected chi connectivity index (χ1v) is 9.53.